The third-order valence-corrected chi connectivity index (χ3v) is 7.34. The predicted octanol–water partition coefficient (Wildman–Crippen LogP) is 6.85. The summed E-state index contributed by atoms with van der Waals surface area (Å²) in [5.74, 6) is 1.39. The fraction of sp³-hybridized carbons (Fsp3) is 0.400. The number of benzene rings is 2. The Labute approximate surface area is 202 Å². The van der Waals surface area contributed by atoms with Gasteiger partial charge in [-0.05, 0) is 40.7 Å². The second kappa shape index (κ2) is 7.97. The third-order valence-electron chi connectivity index (χ3n) is 7.34. The topological polar surface area (TPSA) is 46.6 Å². The van der Waals surface area contributed by atoms with Crippen molar-refractivity contribution in [1.82, 2.24) is 0 Å². The monoisotopic (exact) mass is 455 g/mol. The highest BCUT2D eigenvalue weighted by atomic mass is 16.5. The molecule has 0 saturated heterocycles. The number of hydrogen-bond acceptors (Lipinski definition) is 4. The summed E-state index contributed by atoms with van der Waals surface area (Å²) in [5.41, 5.74) is 4.23. The minimum atomic E-state index is -0.345. The van der Waals surface area contributed by atoms with Crippen molar-refractivity contribution in [2.75, 3.05) is 11.9 Å². The number of allylic oxidation sites excluding steroid dienone is 4. The summed E-state index contributed by atoms with van der Waals surface area (Å²) in [6.45, 7) is 8.45. The molecule has 0 N–H and O–H groups in total. The molecule has 0 radical (unpaired) electrons. The summed E-state index contributed by atoms with van der Waals surface area (Å²) < 4.78 is 6.39. The number of Topliss-reactive ketones (excluding diaryl/α,β-unsaturated/α-hetero) is 2. The van der Waals surface area contributed by atoms with Crippen molar-refractivity contribution < 1.29 is 14.3 Å². The van der Waals surface area contributed by atoms with Crippen LogP contribution in [0.4, 0.5) is 11.4 Å². The maximum Gasteiger partial charge on any atom is 0.163 e. The molecule has 0 bridgehead atoms. The molecule has 2 aliphatic carbocycles. The normalized spacial score (nSPS) is 21.7. The lowest BCUT2D eigenvalue weighted by Crippen LogP contribution is -2.37. The molecule has 0 atom stereocenters. The van der Waals surface area contributed by atoms with Gasteiger partial charge in [-0.15, -0.1) is 0 Å². The van der Waals surface area contributed by atoms with Crippen LogP contribution in [0.5, 0.6) is 0 Å². The number of ketones is 2. The van der Waals surface area contributed by atoms with E-state index in [0.717, 1.165) is 28.5 Å². The first kappa shape index (κ1) is 22.6. The summed E-state index contributed by atoms with van der Waals surface area (Å²) in [5, 5.41) is 0. The van der Waals surface area contributed by atoms with Crippen LogP contribution in [0.1, 0.15) is 64.9 Å². The number of nitrogens with zero attached hydrogens (tertiary/aromatic N) is 1. The Morgan fingerprint density at radius 1 is 0.706 bits per heavy atom. The zero-order valence-corrected chi connectivity index (χ0v) is 20.8. The molecule has 0 unspecified atom stereocenters. The number of carbonyl (C=O) groups is 2. The molecule has 3 aliphatic rings. The molecule has 0 saturated carbocycles. The average molecular weight is 456 g/mol. The minimum absolute atomic E-state index is 0.103. The van der Waals surface area contributed by atoms with Gasteiger partial charge in [0.25, 0.3) is 0 Å². The third kappa shape index (κ3) is 4.00. The van der Waals surface area contributed by atoms with Gasteiger partial charge in [-0.3, -0.25) is 9.59 Å². The summed E-state index contributed by atoms with van der Waals surface area (Å²) in [4.78, 5) is 29.0. The van der Waals surface area contributed by atoms with Gasteiger partial charge in [0, 0.05) is 61.2 Å². The van der Waals surface area contributed by atoms with Crippen LogP contribution < -0.4 is 4.90 Å². The zero-order chi connectivity index (χ0) is 24.3. The van der Waals surface area contributed by atoms with E-state index in [1.54, 1.807) is 0 Å². The van der Waals surface area contributed by atoms with Gasteiger partial charge in [-0.1, -0.05) is 58.0 Å². The molecule has 0 fully saturated rings. The van der Waals surface area contributed by atoms with Gasteiger partial charge in [-0.25, -0.2) is 0 Å². The van der Waals surface area contributed by atoms with Crippen molar-refractivity contribution in [3.8, 4) is 0 Å². The van der Waals surface area contributed by atoms with E-state index in [0.29, 0.717) is 36.8 Å². The van der Waals surface area contributed by atoms with E-state index in [9.17, 15) is 9.59 Å². The van der Waals surface area contributed by atoms with Gasteiger partial charge in [0.05, 0.1) is 0 Å². The highest BCUT2D eigenvalue weighted by molar-refractivity contribution is 6.06. The second-order valence-electron chi connectivity index (χ2n) is 11.6. The van der Waals surface area contributed by atoms with E-state index >= 15 is 0 Å². The van der Waals surface area contributed by atoms with Crippen LogP contribution in [-0.2, 0) is 14.3 Å². The number of ether oxygens (including phenoxy) is 1. The summed E-state index contributed by atoms with van der Waals surface area (Å²) in [6, 6.07) is 18.5. The van der Waals surface area contributed by atoms with E-state index in [1.807, 2.05) is 25.2 Å². The first-order valence-electron chi connectivity index (χ1n) is 12.1. The van der Waals surface area contributed by atoms with Crippen LogP contribution >= 0.6 is 0 Å². The molecule has 1 heterocycles. The Morgan fingerprint density at radius 3 is 1.68 bits per heavy atom. The van der Waals surface area contributed by atoms with Gasteiger partial charge in [0.1, 0.15) is 11.5 Å². The van der Waals surface area contributed by atoms with Crippen LogP contribution in [0.25, 0.3) is 0 Å². The van der Waals surface area contributed by atoms with Crippen molar-refractivity contribution in [3.63, 3.8) is 0 Å². The van der Waals surface area contributed by atoms with Gasteiger partial charge in [-0.2, -0.15) is 0 Å². The van der Waals surface area contributed by atoms with Crippen LogP contribution in [-0.4, -0.2) is 18.6 Å². The first-order valence-corrected chi connectivity index (χ1v) is 12.1. The fourth-order valence-corrected chi connectivity index (χ4v) is 5.70. The summed E-state index contributed by atoms with van der Waals surface area (Å²) in [6.07, 6.45) is 2.38. The minimum Gasteiger partial charge on any atom is -0.465 e. The van der Waals surface area contributed by atoms with Crippen LogP contribution in [0.2, 0.25) is 0 Å². The van der Waals surface area contributed by atoms with Crippen LogP contribution in [0.15, 0.2) is 77.3 Å². The first-order chi connectivity index (χ1) is 16.0. The smallest absolute Gasteiger partial charge is 0.163 e. The van der Waals surface area contributed by atoms with E-state index in [4.69, 9.17) is 4.74 Å². The summed E-state index contributed by atoms with van der Waals surface area (Å²) >= 11 is 0. The molecular formula is C30H33NO3. The fourth-order valence-electron chi connectivity index (χ4n) is 5.70. The number of para-hydroxylation sites is 1. The van der Waals surface area contributed by atoms with Crippen LogP contribution in [0, 0.1) is 10.8 Å². The van der Waals surface area contributed by atoms with E-state index in [2.05, 4.69) is 69.0 Å². The number of rotatable bonds is 3. The van der Waals surface area contributed by atoms with Crippen molar-refractivity contribution in [1.29, 1.82) is 0 Å². The Kier molecular flexibility index (Phi) is 5.31. The lowest BCUT2D eigenvalue weighted by molar-refractivity contribution is -0.120. The quantitative estimate of drug-likeness (QED) is 0.507. The molecule has 0 aromatic heterocycles. The number of anilines is 2. The molecular weight excluding hydrogens is 422 g/mol. The molecule has 5 rings (SSSR count). The zero-order valence-electron chi connectivity index (χ0n) is 20.8. The van der Waals surface area contributed by atoms with Gasteiger partial charge < -0.3 is 9.64 Å². The molecule has 4 nitrogen and oxygen atoms in total. The van der Waals surface area contributed by atoms with E-state index in [1.165, 1.54) is 0 Å². The van der Waals surface area contributed by atoms with E-state index < -0.39 is 0 Å². The molecule has 34 heavy (non-hydrogen) atoms. The molecule has 0 spiro atoms. The average Bonchev–Trinajstić information content (AvgIpc) is 2.76. The Hall–Kier alpha value is -3.14. The predicted molar refractivity (Wildman–Crippen MR) is 135 cm³/mol. The molecule has 0 amide bonds. The Morgan fingerprint density at radius 2 is 1.18 bits per heavy atom. The van der Waals surface area contributed by atoms with E-state index in [-0.39, 0.29) is 28.3 Å². The largest absolute Gasteiger partial charge is 0.465 e. The SMILES string of the molecule is CN(c1ccccc1)c1ccc(C2C3=C(CC(C)(C)CC3=O)OC3=C2C(=O)CC(C)(C)C3)cc1. The van der Waals surface area contributed by atoms with Gasteiger partial charge in [0.15, 0.2) is 11.6 Å². The van der Waals surface area contributed by atoms with Gasteiger partial charge in [0.2, 0.25) is 0 Å². The van der Waals surface area contributed by atoms with Crippen molar-refractivity contribution in [2.24, 2.45) is 10.8 Å². The standard InChI is InChI=1S/C30H33NO3/c1-29(2)15-22(32)27-24(17-29)34-25-18-30(3,4)16-23(33)28(25)26(27)19-11-13-21(14-12-19)31(5)20-9-7-6-8-10-20/h6-14,26H,15-18H2,1-5H3. The summed E-state index contributed by atoms with van der Waals surface area (Å²) in [7, 11) is 2.04. The lowest BCUT2D eigenvalue weighted by Gasteiger charge is -2.42. The van der Waals surface area contributed by atoms with Crippen molar-refractivity contribution >= 4 is 22.9 Å². The highest BCUT2D eigenvalue weighted by Crippen LogP contribution is 2.53. The van der Waals surface area contributed by atoms with Crippen molar-refractivity contribution in [2.45, 2.75) is 59.3 Å². The van der Waals surface area contributed by atoms with Crippen molar-refractivity contribution in [3.05, 3.63) is 82.8 Å². The number of carbonyl (C=O) groups excluding carboxylic acids is 2. The molecule has 176 valence electrons. The number of hydrogen-bond donors (Lipinski definition) is 0. The molecule has 2 aromatic rings. The van der Waals surface area contributed by atoms with Crippen LogP contribution in [0.3, 0.4) is 0 Å². The van der Waals surface area contributed by atoms with Gasteiger partial charge >= 0.3 is 0 Å². The molecule has 1 aliphatic heterocycles. The maximum absolute atomic E-state index is 13.4. The lowest BCUT2D eigenvalue weighted by atomic mass is 9.65. The Bertz CT molecular complexity index is 1160. The maximum atomic E-state index is 13.4. The Balaban J connectivity index is 1.59. The molecule has 2 aromatic carbocycles. The second-order valence-corrected chi connectivity index (χ2v) is 11.6. The highest BCUT2D eigenvalue weighted by Gasteiger charge is 2.47. The molecule has 4 heteroatoms.